The molecule has 1 rings (SSSR count). The van der Waals surface area contributed by atoms with E-state index in [0.29, 0.717) is 6.54 Å². The molecule has 0 aliphatic heterocycles. The minimum absolute atomic E-state index is 0.00947. The lowest BCUT2D eigenvalue weighted by atomic mass is 9.91. The number of carboxylic acid groups (broad SMARTS) is 1. The summed E-state index contributed by atoms with van der Waals surface area (Å²) in [5.74, 6) is -0.777. The molecule has 1 aromatic rings. The predicted molar refractivity (Wildman–Crippen MR) is 89.5 cm³/mol. The highest BCUT2D eigenvalue weighted by molar-refractivity contribution is 5.68. The Morgan fingerprint density at radius 1 is 1.17 bits per heavy atom. The molecule has 1 unspecified atom stereocenters. The highest BCUT2D eigenvalue weighted by atomic mass is 16.6. The zero-order valence-electron chi connectivity index (χ0n) is 14.2. The molecule has 128 valence electrons. The van der Waals surface area contributed by atoms with E-state index in [1.165, 1.54) is 0 Å². The predicted octanol–water partition coefficient (Wildman–Crippen LogP) is 3.94. The number of carbonyl (C=O) groups excluding carboxylic acids is 1. The van der Waals surface area contributed by atoms with Gasteiger partial charge in [0.25, 0.3) is 0 Å². The Hall–Kier alpha value is -2.04. The summed E-state index contributed by atoms with van der Waals surface area (Å²) in [6.07, 6.45) is 2.14. The highest BCUT2D eigenvalue weighted by Gasteiger charge is 2.16. The quantitative estimate of drug-likeness (QED) is 0.711. The van der Waals surface area contributed by atoms with Crippen LogP contribution < -0.4 is 5.32 Å². The molecule has 1 atom stereocenters. The number of nitrogens with one attached hydrogen (secondary N) is 1. The van der Waals surface area contributed by atoms with Crippen molar-refractivity contribution in [1.29, 1.82) is 0 Å². The van der Waals surface area contributed by atoms with Gasteiger partial charge in [-0.25, -0.2) is 4.79 Å². The number of benzene rings is 1. The largest absolute Gasteiger partial charge is 0.481 e. The molecule has 2 N–H and O–H groups in total. The standard InChI is InChI=1S/C18H27NO4/c1-18(2,3)23-17(22)19-12-8-7-11-15(13-16(20)21)14-9-5-4-6-10-14/h4-6,9-10,15H,7-8,11-13H2,1-3H3,(H,19,22)(H,20,21). The normalized spacial score (nSPS) is 12.5. The average molecular weight is 321 g/mol. The fourth-order valence-corrected chi connectivity index (χ4v) is 2.34. The van der Waals surface area contributed by atoms with Crippen LogP contribution in [-0.4, -0.2) is 29.3 Å². The minimum atomic E-state index is -0.786. The van der Waals surface area contributed by atoms with Crippen LogP contribution in [0.15, 0.2) is 30.3 Å². The summed E-state index contributed by atoms with van der Waals surface area (Å²) in [4.78, 5) is 22.5. The molecule has 1 amide bonds. The van der Waals surface area contributed by atoms with Crippen LogP contribution in [-0.2, 0) is 9.53 Å². The monoisotopic (exact) mass is 321 g/mol. The van der Waals surface area contributed by atoms with Gasteiger partial charge in [0.2, 0.25) is 0 Å². The van der Waals surface area contributed by atoms with Crippen molar-refractivity contribution in [1.82, 2.24) is 5.32 Å². The first-order valence-corrected chi connectivity index (χ1v) is 8.01. The molecule has 0 spiro atoms. The summed E-state index contributed by atoms with van der Waals surface area (Å²) < 4.78 is 5.16. The van der Waals surface area contributed by atoms with Crippen molar-refractivity contribution in [3.8, 4) is 0 Å². The van der Waals surface area contributed by atoms with Crippen molar-refractivity contribution in [3.63, 3.8) is 0 Å². The number of rotatable bonds is 8. The van der Waals surface area contributed by atoms with E-state index in [9.17, 15) is 9.59 Å². The molecule has 0 radical (unpaired) electrons. The maximum atomic E-state index is 11.5. The topological polar surface area (TPSA) is 75.6 Å². The van der Waals surface area contributed by atoms with Crippen LogP contribution in [0.2, 0.25) is 0 Å². The Kier molecular flexibility index (Phi) is 7.59. The second-order valence-corrected chi connectivity index (χ2v) is 6.63. The summed E-state index contributed by atoms with van der Waals surface area (Å²) in [5, 5.41) is 11.8. The van der Waals surface area contributed by atoms with Crippen LogP contribution >= 0.6 is 0 Å². The molecule has 0 saturated heterocycles. The third-order valence-corrected chi connectivity index (χ3v) is 3.34. The zero-order valence-corrected chi connectivity index (χ0v) is 14.2. The van der Waals surface area contributed by atoms with Crippen LogP contribution in [0.4, 0.5) is 4.79 Å². The molecule has 0 aliphatic rings. The van der Waals surface area contributed by atoms with Gasteiger partial charge in [-0.1, -0.05) is 36.8 Å². The molecule has 0 saturated carbocycles. The molecular formula is C18H27NO4. The molecule has 5 heteroatoms. The fourth-order valence-electron chi connectivity index (χ4n) is 2.34. The number of carbonyl (C=O) groups is 2. The fraction of sp³-hybridized carbons (Fsp3) is 0.556. The van der Waals surface area contributed by atoms with E-state index < -0.39 is 17.7 Å². The van der Waals surface area contributed by atoms with E-state index >= 15 is 0 Å². The van der Waals surface area contributed by atoms with Crippen LogP contribution in [0, 0.1) is 0 Å². The van der Waals surface area contributed by atoms with E-state index in [2.05, 4.69) is 5.32 Å². The third kappa shape index (κ3) is 8.86. The number of unbranched alkanes of at least 4 members (excludes halogenated alkanes) is 1. The van der Waals surface area contributed by atoms with Gasteiger partial charge in [0.15, 0.2) is 0 Å². The van der Waals surface area contributed by atoms with Crippen molar-refractivity contribution in [3.05, 3.63) is 35.9 Å². The summed E-state index contributed by atoms with van der Waals surface area (Å²) in [5.41, 5.74) is 0.555. The van der Waals surface area contributed by atoms with E-state index in [4.69, 9.17) is 9.84 Å². The number of hydrogen-bond donors (Lipinski definition) is 2. The first-order valence-electron chi connectivity index (χ1n) is 8.01. The first kappa shape index (κ1) is 19.0. The van der Waals surface area contributed by atoms with E-state index in [1.807, 2.05) is 51.1 Å². The Morgan fingerprint density at radius 2 is 1.83 bits per heavy atom. The van der Waals surface area contributed by atoms with Gasteiger partial charge in [0.05, 0.1) is 6.42 Å². The van der Waals surface area contributed by atoms with Gasteiger partial charge < -0.3 is 15.2 Å². The second-order valence-electron chi connectivity index (χ2n) is 6.63. The molecule has 23 heavy (non-hydrogen) atoms. The molecular weight excluding hydrogens is 294 g/mol. The summed E-state index contributed by atoms with van der Waals surface area (Å²) in [6, 6.07) is 9.70. The van der Waals surface area contributed by atoms with Crippen molar-refractivity contribution >= 4 is 12.1 Å². The number of alkyl carbamates (subject to hydrolysis) is 1. The Balaban J connectivity index is 2.33. The highest BCUT2D eigenvalue weighted by Crippen LogP contribution is 2.25. The third-order valence-electron chi connectivity index (χ3n) is 3.34. The van der Waals surface area contributed by atoms with Crippen LogP contribution in [0.5, 0.6) is 0 Å². The average Bonchev–Trinajstić information content (AvgIpc) is 2.44. The van der Waals surface area contributed by atoms with Gasteiger partial charge in [0.1, 0.15) is 5.60 Å². The molecule has 0 heterocycles. The Morgan fingerprint density at radius 3 is 2.39 bits per heavy atom. The molecule has 0 aromatic heterocycles. The first-order chi connectivity index (χ1) is 10.8. The van der Waals surface area contributed by atoms with E-state index in [1.54, 1.807) is 0 Å². The van der Waals surface area contributed by atoms with Crippen molar-refractivity contribution in [2.45, 2.75) is 58.0 Å². The number of carboxylic acids is 1. The number of aliphatic carboxylic acids is 1. The molecule has 0 aliphatic carbocycles. The summed E-state index contributed by atoms with van der Waals surface area (Å²) >= 11 is 0. The lowest BCUT2D eigenvalue weighted by molar-refractivity contribution is -0.137. The summed E-state index contributed by atoms with van der Waals surface area (Å²) in [6.45, 7) is 6.00. The Labute approximate surface area is 138 Å². The SMILES string of the molecule is CC(C)(C)OC(=O)NCCCCC(CC(=O)O)c1ccccc1. The van der Waals surface area contributed by atoms with Gasteiger partial charge in [-0.2, -0.15) is 0 Å². The van der Waals surface area contributed by atoms with Crippen molar-refractivity contribution in [2.75, 3.05) is 6.54 Å². The van der Waals surface area contributed by atoms with E-state index in [0.717, 1.165) is 24.8 Å². The Bertz CT molecular complexity index is 493. The number of amides is 1. The zero-order chi connectivity index (χ0) is 17.3. The van der Waals surface area contributed by atoms with Crippen LogP contribution in [0.1, 0.15) is 57.9 Å². The van der Waals surface area contributed by atoms with Gasteiger partial charge in [-0.15, -0.1) is 0 Å². The van der Waals surface area contributed by atoms with Gasteiger partial charge in [-0.3, -0.25) is 4.79 Å². The van der Waals surface area contributed by atoms with Crippen molar-refractivity contribution in [2.24, 2.45) is 0 Å². The number of hydrogen-bond acceptors (Lipinski definition) is 3. The number of ether oxygens (including phenoxy) is 1. The summed E-state index contributed by atoms with van der Waals surface area (Å²) in [7, 11) is 0. The van der Waals surface area contributed by atoms with E-state index in [-0.39, 0.29) is 12.3 Å². The molecule has 0 bridgehead atoms. The van der Waals surface area contributed by atoms with Crippen LogP contribution in [0.25, 0.3) is 0 Å². The molecule has 1 aromatic carbocycles. The maximum absolute atomic E-state index is 11.5. The second kappa shape index (κ2) is 9.18. The van der Waals surface area contributed by atoms with Crippen molar-refractivity contribution < 1.29 is 19.4 Å². The smallest absolute Gasteiger partial charge is 0.407 e. The lowest BCUT2D eigenvalue weighted by Gasteiger charge is -2.20. The van der Waals surface area contributed by atoms with Gasteiger partial charge in [-0.05, 0) is 45.1 Å². The molecule has 5 nitrogen and oxygen atoms in total. The maximum Gasteiger partial charge on any atom is 0.407 e. The minimum Gasteiger partial charge on any atom is -0.481 e. The van der Waals surface area contributed by atoms with Crippen LogP contribution in [0.3, 0.4) is 0 Å². The van der Waals surface area contributed by atoms with Gasteiger partial charge >= 0.3 is 12.1 Å². The molecule has 0 fully saturated rings. The lowest BCUT2D eigenvalue weighted by Crippen LogP contribution is -2.33. The van der Waals surface area contributed by atoms with Gasteiger partial charge in [0, 0.05) is 6.54 Å².